The number of likely N-dealkylation sites (tertiary alicyclic amines) is 1. The van der Waals surface area contributed by atoms with Gasteiger partial charge in [0.15, 0.2) is 5.96 Å². The number of rotatable bonds is 6. The van der Waals surface area contributed by atoms with Crippen LogP contribution in [0.3, 0.4) is 0 Å². The summed E-state index contributed by atoms with van der Waals surface area (Å²) in [6.45, 7) is 11.9. The van der Waals surface area contributed by atoms with Crippen molar-refractivity contribution < 1.29 is 4.74 Å². The fourth-order valence-corrected chi connectivity index (χ4v) is 4.62. The number of nitrogens with one attached hydrogen (secondary N) is 1. The first kappa shape index (κ1) is 24.4. The van der Waals surface area contributed by atoms with Gasteiger partial charge in [0.1, 0.15) is 6.10 Å². The van der Waals surface area contributed by atoms with Gasteiger partial charge in [0.25, 0.3) is 0 Å². The van der Waals surface area contributed by atoms with E-state index in [1.165, 1.54) is 38.9 Å². The summed E-state index contributed by atoms with van der Waals surface area (Å²) in [5.41, 5.74) is 1.13. The Bertz CT molecular complexity index is 626. The van der Waals surface area contributed by atoms with Crippen LogP contribution in [0.4, 0.5) is 0 Å². The number of nitrogens with zero attached hydrogens (tertiary/aromatic N) is 5. The second-order valence-electron chi connectivity index (χ2n) is 8.64. The van der Waals surface area contributed by atoms with Crippen molar-refractivity contribution in [3.8, 4) is 0 Å². The van der Waals surface area contributed by atoms with Crippen LogP contribution in [-0.4, -0.2) is 78.5 Å². The normalized spacial score (nSPS) is 26.3. The maximum Gasteiger partial charge on any atom is 0.193 e. The summed E-state index contributed by atoms with van der Waals surface area (Å²) in [4.78, 5) is 9.44. The summed E-state index contributed by atoms with van der Waals surface area (Å²) >= 11 is 0. The van der Waals surface area contributed by atoms with E-state index < -0.39 is 0 Å². The van der Waals surface area contributed by atoms with E-state index in [9.17, 15) is 0 Å². The predicted molar refractivity (Wildman–Crippen MR) is 129 cm³/mol. The number of piperidine rings is 1. The van der Waals surface area contributed by atoms with Crippen molar-refractivity contribution in [2.24, 2.45) is 23.9 Å². The molecule has 0 saturated carbocycles. The summed E-state index contributed by atoms with van der Waals surface area (Å²) in [6.07, 6.45) is 7.79. The van der Waals surface area contributed by atoms with Crippen LogP contribution >= 0.6 is 24.0 Å². The van der Waals surface area contributed by atoms with Crippen LogP contribution in [0.15, 0.2) is 17.4 Å². The van der Waals surface area contributed by atoms with Crippen molar-refractivity contribution in [3.63, 3.8) is 0 Å². The Morgan fingerprint density at radius 3 is 2.66 bits per heavy atom. The number of aliphatic imine (C=N–C) groups is 1. The van der Waals surface area contributed by atoms with E-state index >= 15 is 0 Å². The average molecular weight is 518 g/mol. The molecular formula is C21H39IN6O. The average Bonchev–Trinajstić information content (AvgIpc) is 3.10. The van der Waals surface area contributed by atoms with E-state index in [-0.39, 0.29) is 30.1 Å². The molecule has 0 bridgehead atoms. The van der Waals surface area contributed by atoms with E-state index in [1.807, 2.05) is 31.2 Å². The van der Waals surface area contributed by atoms with E-state index in [0.717, 1.165) is 43.0 Å². The number of hydrogen-bond acceptors (Lipinski definition) is 4. The Labute approximate surface area is 193 Å². The van der Waals surface area contributed by atoms with Gasteiger partial charge in [-0.2, -0.15) is 5.10 Å². The topological polar surface area (TPSA) is 57.9 Å². The highest BCUT2D eigenvalue weighted by molar-refractivity contribution is 14.0. The predicted octanol–water partition coefficient (Wildman–Crippen LogP) is 2.74. The van der Waals surface area contributed by atoms with Crippen LogP contribution in [0.2, 0.25) is 0 Å². The molecule has 1 aromatic heterocycles. The number of guanidine groups is 1. The van der Waals surface area contributed by atoms with Gasteiger partial charge in [-0.15, -0.1) is 24.0 Å². The summed E-state index contributed by atoms with van der Waals surface area (Å²) in [6, 6.07) is 0. The molecule has 1 aromatic rings. The number of halogens is 1. The van der Waals surface area contributed by atoms with Gasteiger partial charge in [-0.3, -0.25) is 9.67 Å². The van der Waals surface area contributed by atoms with E-state index in [0.29, 0.717) is 6.61 Å². The van der Waals surface area contributed by atoms with Crippen LogP contribution in [0, 0.1) is 11.8 Å². The van der Waals surface area contributed by atoms with E-state index in [4.69, 9.17) is 4.74 Å². The molecule has 2 aliphatic rings. The highest BCUT2D eigenvalue weighted by Gasteiger charge is 2.25. The maximum atomic E-state index is 5.95. The number of hydrogen-bond donors (Lipinski definition) is 1. The molecule has 29 heavy (non-hydrogen) atoms. The van der Waals surface area contributed by atoms with Crippen LogP contribution < -0.4 is 5.32 Å². The molecule has 166 valence electrons. The van der Waals surface area contributed by atoms with Crippen molar-refractivity contribution in [2.75, 3.05) is 52.9 Å². The zero-order valence-electron chi connectivity index (χ0n) is 18.5. The second-order valence-corrected chi connectivity index (χ2v) is 8.64. The molecule has 8 heteroatoms. The number of unbranched alkanes of at least 4 members (excludes halogenated alkanes) is 1. The molecule has 3 rings (SSSR count). The molecule has 2 saturated heterocycles. The largest absolute Gasteiger partial charge is 0.370 e. The Kier molecular flexibility index (Phi) is 10.2. The molecule has 2 aliphatic heterocycles. The van der Waals surface area contributed by atoms with Gasteiger partial charge in [-0.25, -0.2) is 0 Å². The van der Waals surface area contributed by atoms with Crippen molar-refractivity contribution in [2.45, 2.75) is 39.2 Å². The standard InChI is InChI=1S/C21H38N6O.HI/c1-17-11-18(2)14-26(13-17)8-6-5-7-23-21(22-3)27-9-10-28-20(16-27)19-12-24-25(4)15-19;/h12,15,17-18,20H,5-11,13-14,16H2,1-4H3,(H,22,23);1H. The van der Waals surface area contributed by atoms with Crippen LogP contribution in [0.5, 0.6) is 0 Å². The van der Waals surface area contributed by atoms with Crippen molar-refractivity contribution in [3.05, 3.63) is 18.0 Å². The first-order valence-corrected chi connectivity index (χ1v) is 10.8. The van der Waals surface area contributed by atoms with Gasteiger partial charge < -0.3 is 19.9 Å². The van der Waals surface area contributed by atoms with Crippen molar-refractivity contribution in [1.82, 2.24) is 24.9 Å². The lowest BCUT2D eigenvalue weighted by molar-refractivity contribution is -0.00802. The monoisotopic (exact) mass is 518 g/mol. The van der Waals surface area contributed by atoms with Crippen molar-refractivity contribution >= 4 is 29.9 Å². The molecule has 0 radical (unpaired) electrons. The third-order valence-electron chi connectivity index (χ3n) is 5.80. The SMILES string of the molecule is CN=C(NCCCCN1CC(C)CC(C)C1)N1CCOC(c2cnn(C)c2)C1.I. The quantitative estimate of drug-likeness (QED) is 0.272. The maximum absolute atomic E-state index is 5.95. The molecule has 0 aromatic carbocycles. The third-order valence-corrected chi connectivity index (χ3v) is 5.80. The molecule has 2 fully saturated rings. The minimum Gasteiger partial charge on any atom is -0.370 e. The molecule has 3 unspecified atom stereocenters. The van der Waals surface area contributed by atoms with Crippen molar-refractivity contribution in [1.29, 1.82) is 0 Å². The lowest BCUT2D eigenvalue weighted by atomic mass is 9.92. The van der Waals surface area contributed by atoms with Crippen LogP contribution in [0.25, 0.3) is 0 Å². The fourth-order valence-electron chi connectivity index (χ4n) is 4.62. The van der Waals surface area contributed by atoms with Gasteiger partial charge in [0.05, 0.1) is 19.3 Å². The zero-order chi connectivity index (χ0) is 19.9. The summed E-state index contributed by atoms with van der Waals surface area (Å²) in [7, 11) is 3.81. The van der Waals surface area contributed by atoms with Gasteiger partial charge in [-0.05, 0) is 37.6 Å². The fraction of sp³-hybridized carbons (Fsp3) is 0.810. The highest BCUT2D eigenvalue weighted by atomic mass is 127. The number of morpholine rings is 1. The zero-order valence-corrected chi connectivity index (χ0v) is 20.8. The molecule has 0 amide bonds. The summed E-state index contributed by atoms with van der Waals surface area (Å²) in [5.74, 6) is 2.67. The van der Waals surface area contributed by atoms with Gasteiger partial charge in [0, 0.05) is 52.0 Å². The number of ether oxygens (including phenoxy) is 1. The summed E-state index contributed by atoms with van der Waals surface area (Å²) < 4.78 is 7.77. The first-order valence-electron chi connectivity index (χ1n) is 10.8. The summed E-state index contributed by atoms with van der Waals surface area (Å²) in [5, 5.41) is 7.82. The van der Waals surface area contributed by atoms with Gasteiger partial charge in [-0.1, -0.05) is 13.8 Å². The smallest absolute Gasteiger partial charge is 0.193 e. The minimum atomic E-state index is 0. The van der Waals surface area contributed by atoms with E-state index in [1.54, 1.807) is 0 Å². The molecule has 3 atom stereocenters. The molecule has 0 spiro atoms. The Morgan fingerprint density at radius 2 is 2.00 bits per heavy atom. The Morgan fingerprint density at radius 1 is 1.24 bits per heavy atom. The molecule has 1 N–H and O–H groups in total. The Hall–Kier alpha value is -0.870. The Balaban J connectivity index is 0.00000300. The minimum absolute atomic E-state index is 0. The van der Waals surface area contributed by atoms with Crippen LogP contribution in [0.1, 0.15) is 44.8 Å². The number of aromatic nitrogens is 2. The third kappa shape index (κ3) is 7.40. The van der Waals surface area contributed by atoms with Gasteiger partial charge >= 0.3 is 0 Å². The molecular weight excluding hydrogens is 479 g/mol. The second kappa shape index (κ2) is 12.1. The van der Waals surface area contributed by atoms with Crippen LogP contribution in [-0.2, 0) is 11.8 Å². The molecule has 3 heterocycles. The lowest BCUT2D eigenvalue weighted by Gasteiger charge is -2.35. The number of aryl methyl sites for hydroxylation is 1. The lowest BCUT2D eigenvalue weighted by Crippen LogP contribution is -2.48. The highest BCUT2D eigenvalue weighted by Crippen LogP contribution is 2.22. The van der Waals surface area contributed by atoms with E-state index in [2.05, 4.69) is 39.1 Å². The molecule has 7 nitrogen and oxygen atoms in total. The van der Waals surface area contributed by atoms with Gasteiger partial charge in [0.2, 0.25) is 0 Å². The molecule has 0 aliphatic carbocycles. The first-order chi connectivity index (χ1) is 13.5.